The molecule has 5 rings (SSSR count). The summed E-state index contributed by atoms with van der Waals surface area (Å²) in [7, 11) is 0. The number of aliphatic imine (C=N–C) groups is 1. The second kappa shape index (κ2) is 14.7. The summed E-state index contributed by atoms with van der Waals surface area (Å²) in [5.74, 6) is 1.00. The maximum absolute atomic E-state index is 14.4. The van der Waals surface area contributed by atoms with Gasteiger partial charge < -0.3 is 19.5 Å². The van der Waals surface area contributed by atoms with Gasteiger partial charge in [0.1, 0.15) is 22.7 Å². The third-order valence-electron chi connectivity index (χ3n) is 9.62. The number of hydrogen-bond donors (Lipinski definition) is 2. The van der Waals surface area contributed by atoms with E-state index in [1.807, 2.05) is 69.3 Å². The van der Waals surface area contributed by atoms with Gasteiger partial charge in [0, 0.05) is 29.9 Å². The van der Waals surface area contributed by atoms with Crippen molar-refractivity contribution in [2.75, 3.05) is 6.61 Å². The van der Waals surface area contributed by atoms with E-state index in [9.17, 15) is 14.4 Å². The number of ether oxygens (including phenoxy) is 3. The van der Waals surface area contributed by atoms with Crippen molar-refractivity contribution in [3.63, 3.8) is 0 Å². The summed E-state index contributed by atoms with van der Waals surface area (Å²) < 4.78 is 18.1. The smallest absolute Gasteiger partial charge is 0.414 e. The minimum atomic E-state index is -0.757. The van der Waals surface area contributed by atoms with Gasteiger partial charge in [-0.2, -0.15) is 0 Å². The van der Waals surface area contributed by atoms with E-state index >= 15 is 0 Å². The van der Waals surface area contributed by atoms with Crippen molar-refractivity contribution in [2.45, 2.75) is 115 Å². The number of rotatable bonds is 10. The van der Waals surface area contributed by atoms with Crippen LogP contribution < -0.4 is 20.1 Å². The summed E-state index contributed by atoms with van der Waals surface area (Å²) in [6.07, 6.45) is 6.21. The van der Waals surface area contributed by atoms with E-state index in [0.717, 1.165) is 22.4 Å². The molecule has 3 heterocycles. The molecule has 10 heteroatoms. The standard InChI is InChI=1S/C40H52N4O6/c1-9-12-21-40(11-3)24-34(46)44(36(43-40)42-37(47)50-38(4,5)6)35-27(25-48-31-16-14-13-15-28(31)35)18-20-33(45)41-30-23-39(7,8)49-32-19-17-26(10-2)22-29(30)32/h9-10,13-17,19,22,27,30,35H,1-2,11-12,18,20-21,23-25H2,3-8H3,(H,41,45)(H,42,43,47)/t27-,30?,35+,40-/m1/s1. The van der Waals surface area contributed by atoms with E-state index in [1.165, 1.54) is 0 Å². The largest absolute Gasteiger partial charge is 0.493 e. The van der Waals surface area contributed by atoms with Crippen molar-refractivity contribution in [3.05, 3.63) is 78.4 Å². The second-order valence-electron chi connectivity index (χ2n) is 15.2. The zero-order valence-corrected chi connectivity index (χ0v) is 30.3. The highest BCUT2D eigenvalue weighted by molar-refractivity contribution is 6.05. The van der Waals surface area contributed by atoms with Crippen LogP contribution in [0.2, 0.25) is 0 Å². The first-order valence-corrected chi connectivity index (χ1v) is 17.7. The number of fused-ring (bicyclic) bond motifs is 2. The SMILES string of the molecule is C=CCC[C@]1(CC)CC(=O)N([C@@H]2c3ccccc3OC[C@H]2CCC(=O)NC2CC(C)(C)Oc3ccc(C=C)cc32)C(NC(=O)OC(C)(C)C)=N1. The summed E-state index contributed by atoms with van der Waals surface area (Å²) in [6, 6.07) is 12.7. The van der Waals surface area contributed by atoms with E-state index < -0.39 is 28.9 Å². The van der Waals surface area contributed by atoms with Crippen LogP contribution in [0.4, 0.5) is 4.79 Å². The Hall–Kier alpha value is -4.60. The summed E-state index contributed by atoms with van der Waals surface area (Å²) in [5, 5.41) is 6.10. The number of nitrogens with one attached hydrogen (secondary N) is 2. The van der Waals surface area contributed by atoms with Crippen LogP contribution in [0.15, 0.2) is 66.7 Å². The quantitative estimate of drug-likeness (QED) is 0.247. The number of guanidine groups is 1. The minimum absolute atomic E-state index is 0.111. The molecule has 2 aromatic rings. The van der Waals surface area contributed by atoms with Crippen molar-refractivity contribution in [1.82, 2.24) is 15.5 Å². The van der Waals surface area contributed by atoms with Gasteiger partial charge in [0.05, 0.1) is 30.7 Å². The lowest BCUT2D eigenvalue weighted by atomic mass is 9.82. The molecule has 0 fully saturated rings. The molecule has 2 aromatic carbocycles. The second-order valence-corrected chi connectivity index (χ2v) is 15.2. The molecule has 0 bridgehead atoms. The minimum Gasteiger partial charge on any atom is -0.493 e. The molecule has 50 heavy (non-hydrogen) atoms. The van der Waals surface area contributed by atoms with Gasteiger partial charge in [-0.15, -0.1) is 6.58 Å². The fourth-order valence-corrected chi connectivity index (χ4v) is 7.17. The van der Waals surface area contributed by atoms with Gasteiger partial charge in [0.25, 0.3) is 0 Å². The van der Waals surface area contributed by atoms with Crippen LogP contribution in [0.3, 0.4) is 0 Å². The number of carbonyl (C=O) groups excluding carboxylic acids is 3. The predicted octanol–water partition coefficient (Wildman–Crippen LogP) is 7.81. The van der Waals surface area contributed by atoms with Crippen molar-refractivity contribution in [3.8, 4) is 11.5 Å². The van der Waals surface area contributed by atoms with Crippen LogP contribution >= 0.6 is 0 Å². The Balaban J connectivity index is 1.44. The Morgan fingerprint density at radius 3 is 2.58 bits per heavy atom. The van der Waals surface area contributed by atoms with Gasteiger partial charge in [0.15, 0.2) is 0 Å². The maximum atomic E-state index is 14.4. The molecule has 4 atom stereocenters. The predicted molar refractivity (Wildman–Crippen MR) is 195 cm³/mol. The van der Waals surface area contributed by atoms with Gasteiger partial charge in [0.2, 0.25) is 17.8 Å². The normalized spacial score (nSPS) is 24.0. The van der Waals surface area contributed by atoms with E-state index in [-0.39, 0.29) is 49.2 Å². The summed E-state index contributed by atoms with van der Waals surface area (Å²) in [4.78, 5) is 48.0. The first-order valence-electron chi connectivity index (χ1n) is 17.7. The van der Waals surface area contributed by atoms with Crippen molar-refractivity contribution in [2.24, 2.45) is 10.9 Å². The summed E-state index contributed by atoms with van der Waals surface area (Å²) >= 11 is 0. The van der Waals surface area contributed by atoms with Crippen LogP contribution in [0.25, 0.3) is 6.08 Å². The molecule has 268 valence electrons. The van der Waals surface area contributed by atoms with Gasteiger partial charge in [-0.25, -0.2) is 9.79 Å². The van der Waals surface area contributed by atoms with E-state index in [2.05, 4.69) is 23.8 Å². The first-order chi connectivity index (χ1) is 23.7. The molecule has 0 spiro atoms. The van der Waals surface area contributed by atoms with Gasteiger partial charge >= 0.3 is 6.09 Å². The molecule has 0 aliphatic carbocycles. The first kappa shape index (κ1) is 36.7. The van der Waals surface area contributed by atoms with Gasteiger partial charge in [-0.1, -0.05) is 49.9 Å². The Kier molecular flexibility index (Phi) is 10.8. The molecule has 3 aliphatic rings. The fraction of sp³-hybridized carbons (Fsp3) is 0.500. The molecular weight excluding hydrogens is 632 g/mol. The average molecular weight is 685 g/mol. The van der Waals surface area contributed by atoms with Crippen molar-refractivity contribution >= 4 is 29.9 Å². The lowest BCUT2D eigenvalue weighted by molar-refractivity contribution is -0.133. The van der Waals surface area contributed by atoms with Crippen LogP contribution in [0, 0.1) is 5.92 Å². The number of allylic oxidation sites excluding steroid dienone is 1. The van der Waals surface area contributed by atoms with Crippen LogP contribution in [0.5, 0.6) is 11.5 Å². The number of benzene rings is 2. The molecule has 10 nitrogen and oxygen atoms in total. The number of amides is 3. The number of alkyl carbamates (subject to hydrolysis) is 1. The van der Waals surface area contributed by atoms with E-state index in [0.29, 0.717) is 37.9 Å². The molecule has 1 unspecified atom stereocenters. The number of para-hydroxylation sites is 1. The fourth-order valence-electron chi connectivity index (χ4n) is 7.17. The average Bonchev–Trinajstić information content (AvgIpc) is 3.05. The molecule has 0 saturated heterocycles. The Morgan fingerprint density at radius 2 is 1.88 bits per heavy atom. The van der Waals surface area contributed by atoms with E-state index in [1.54, 1.807) is 31.7 Å². The molecule has 3 amide bonds. The zero-order chi connectivity index (χ0) is 36.3. The summed E-state index contributed by atoms with van der Waals surface area (Å²) in [6.45, 7) is 19.4. The molecule has 3 aliphatic heterocycles. The van der Waals surface area contributed by atoms with Crippen LogP contribution in [-0.4, -0.2) is 52.1 Å². The highest BCUT2D eigenvalue weighted by atomic mass is 16.6. The van der Waals surface area contributed by atoms with Crippen molar-refractivity contribution in [1.29, 1.82) is 0 Å². The Morgan fingerprint density at radius 1 is 1.12 bits per heavy atom. The lowest BCUT2D eigenvalue weighted by Gasteiger charge is -2.45. The van der Waals surface area contributed by atoms with Crippen LogP contribution in [-0.2, 0) is 14.3 Å². The molecule has 0 saturated carbocycles. The Bertz CT molecular complexity index is 1660. The molecule has 2 N–H and O–H groups in total. The van der Waals surface area contributed by atoms with Gasteiger partial charge in [-0.05, 0) is 84.1 Å². The summed E-state index contributed by atoms with van der Waals surface area (Å²) in [5.41, 5.74) is 0.749. The van der Waals surface area contributed by atoms with Crippen molar-refractivity contribution < 1.29 is 28.6 Å². The zero-order valence-electron chi connectivity index (χ0n) is 30.3. The number of hydrogen-bond acceptors (Lipinski definition) is 7. The third-order valence-corrected chi connectivity index (χ3v) is 9.62. The van der Waals surface area contributed by atoms with E-state index in [4.69, 9.17) is 19.2 Å². The highest BCUT2D eigenvalue weighted by Gasteiger charge is 2.47. The third kappa shape index (κ3) is 8.40. The monoisotopic (exact) mass is 684 g/mol. The topological polar surface area (TPSA) is 119 Å². The Labute approximate surface area is 296 Å². The van der Waals surface area contributed by atoms with Gasteiger partial charge in [-0.3, -0.25) is 19.8 Å². The highest BCUT2D eigenvalue weighted by Crippen LogP contribution is 2.45. The number of carbonyl (C=O) groups is 3. The lowest BCUT2D eigenvalue weighted by Crippen LogP contribution is -2.57. The molecular formula is C40H52N4O6. The maximum Gasteiger partial charge on any atom is 0.414 e. The van der Waals surface area contributed by atoms with Crippen LogP contribution in [0.1, 0.15) is 115 Å². The number of nitrogens with zero attached hydrogens (tertiary/aromatic N) is 2. The molecule has 0 radical (unpaired) electrons. The molecule has 0 aromatic heterocycles.